The summed E-state index contributed by atoms with van der Waals surface area (Å²) < 4.78 is 0. The molecule has 0 spiro atoms. The lowest BCUT2D eigenvalue weighted by Gasteiger charge is -2.35. The molecule has 2 heterocycles. The first-order valence-corrected chi connectivity index (χ1v) is 14.0. The molecule has 0 fully saturated rings. The predicted molar refractivity (Wildman–Crippen MR) is 167 cm³/mol. The zero-order valence-electron chi connectivity index (χ0n) is 22.9. The molecule has 1 aromatic heterocycles. The van der Waals surface area contributed by atoms with Gasteiger partial charge in [0.1, 0.15) is 6.17 Å². The minimum Gasteiger partial charge on any atom is -0.349 e. The molecule has 1 aliphatic carbocycles. The van der Waals surface area contributed by atoms with Gasteiger partial charge >= 0.3 is 0 Å². The third kappa shape index (κ3) is 4.24. The maximum atomic E-state index is 5.29. The molecule has 40 heavy (non-hydrogen) atoms. The van der Waals surface area contributed by atoms with Crippen LogP contribution in [0, 0.1) is 6.92 Å². The van der Waals surface area contributed by atoms with Gasteiger partial charge in [0.15, 0.2) is 0 Å². The van der Waals surface area contributed by atoms with E-state index in [9.17, 15) is 0 Å². The van der Waals surface area contributed by atoms with Crippen molar-refractivity contribution in [1.29, 1.82) is 0 Å². The Hall–Kier alpha value is -4.76. The molecule has 1 aliphatic heterocycles. The Bertz CT molecular complexity index is 1810. The second-order valence-electron chi connectivity index (χ2n) is 10.7. The van der Waals surface area contributed by atoms with Crippen molar-refractivity contribution in [1.82, 2.24) is 9.88 Å². The van der Waals surface area contributed by atoms with Crippen molar-refractivity contribution in [3.8, 4) is 11.1 Å². The Kier molecular flexibility index (Phi) is 6.13. The van der Waals surface area contributed by atoms with E-state index in [1.165, 1.54) is 38.9 Å². The van der Waals surface area contributed by atoms with Crippen LogP contribution in [0.1, 0.15) is 46.0 Å². The molecule has 0 amide bonds. The first kappa shape index (κ1) is 24.3. The van der Waals surface area contributed by atoms with Crippen molar-refractivity contribution in [2.45, 2.75) is 25.9 Å². The van der Waals surface area contributed by atoms with Crippen LogP contribution in [0.4, 0.5) is 0 Å². The van der Waals surface area contributed by atoms with Crippen molar-refractivity contribution in [3.05, 3.63) is 149 Å². The highest BCUT2D eigenvalue weighted by Gasteiger charge is 2.27. The zero-order valence-corrected chi connectivity index (χ0v) is 22.9. The van der Waals surface area contributed by atoms with Crippen LogP contribution >= 0.6 is 0 Å². The van der Waals surface area contributed by atoms with E-state index < -0.39 is 0 Å². The highest BCUT2D eigenvalue weighted by atomic mass is 15.2. The van der Waals surface area contributed by atoms with Gasteiger partial charge in [0.25, 0.3) is 0 Å². The highest BCUT2D eigenvalue weighted by Crippen LogP contribution is 2.38. The SMILES string of the molecule is Cc1ccc(-c2ccc(C3N=C(c4ccccc4)C=C(c4cccc5c4CCC=C5)N3C)cc2)c2ncccc12. The molecule has 0 bridgehead atoms. The Morgan fingerprint density at radius 3 is 2.48 bits per heavy atom. The fourth-order valence-electron chi connectivity index (χ4n) is 6.05. The predicted octanol–water partition coefficient (Wildman–Crippen LogP) is 8.64. The van der Waals surface area contributed by atoms with E-state index in [4.69, 9.17) is 9.98 Å². The standard InChI is InChI=1S/C37H31N3/c1-25-17-22-32(36-30(25)16-9-23-38-36)27-18-20-29(21-19-27)37-39-34(28-11-4-3-5-12-28)24-35(40(37)2)33-15-8-13-26-10-6-7-14-31(26)33/h3-6,8-13,15-24,37H,7,14H2,1-2H3. The minimum absolute atomic E-state index is 0.132. The molecule has 0 radical (unpaired) electrons. The second kappa shape index (κ2) is 10.1. The van der Waals surface area contributed by atoms with E-state index in [0.717, 1.165) is 40.8 Å². The number of fused-ring (bicyclic) bond motifs is 2. The summed E-state index contributed by atoms with van der Waals surface area (Å²) in [7, 11) is 2.17. The molecule has 4 aromatic carbocycles. The van der Waals surface area contributed by atoms with E-state index in [-0.39, 0.29) is 6.17 Å². The average Bonchev–Trinajstić information content (AvgIpc) is 3.02. The Morgan fingerprint density at radius 2 is 1.62 bits per heavy atom. The number of aromatic nitrogens is 1. The fraction of sp³-hybridized carbons (Fsp3) is 0.135. The molecule has 0 saturated heterocycles. The number of hydrogen-bond acceptors (Lipinski definition) is 3. The normalized spacial score (nSPS) is 16.4. The maximum absolute atomic E-state index is 5.29. The monoisotopic (exact) mass is 517 g/mol. The number of aliphatic imine (C=N–C) groups is 1. The topological polar surface area (TPSA) is 28.5 Å². The third-order valence-corrected chi connectivity index (χ3v) is 8.21. The smallest absolute Gasteiger partial charge is 0.147 e. The summed E-state index contributed by atoms with van der Waals surface area (Å²) in [4.78, 5) is 12.3. The Labute approximate surface area is 235 Å². The molecule has 1 atom stereocenters. The number of hydrogen-bond donors (Lipinski definition) is 0. The van der Waals surface area contributed by atoms with Gasteiger partial charge in [-0.1, -0.05) is 103 Å². The zero-order chi connectivity index (χ0) is 27.1. The lowest BCUT2D eigenvalue weighted by atomic mass is 9.89. The van der Waals surface area contributed by atoms with E-state index in [2.05, 4.69) is 128 Å². The van der Waals surface area contributed by atoms with Crippen LogP contribution in [-0.2, 0) is 6.42 Å². The number of allylic oxidation sites excluding steroid dienone is 2. The molecular weight excluding hydrogens is 486 g/mol. The number of benzene rings is 4. The number of nitrogens with zero attached hydrogens (tertiary/aromatic N) is 3. The van der Waals surface area contributed by atoms with Crippen LogP contribution < -0.4 is 0 Å². The summed E-state index contributed by atoms with van der Waals surface area (Å²) in [5, 5.41) is 1.20. The van der Waals surface area contributed by atoms with Gasteiger partial charge in [-0.3, -0.25) is 9.98 Å². The number of pyridine rings is 1. The van der Waals surface area contributed by atoms with Crippen LogP contribution in [0.5, 0.6) is 0 Å². The first-order valence-electron chi connectivity index (χ1n) is 14.0. The quantitative estimate of drug-likeness (QED) is 0.239. The average molecular weight is 518 g/mol. The summed E-state index contributed by atoms with van der Waals surface area (Å²) in [6.45, 7) is 2.14. The number of rotatable bonds is 4. The highest BCUT2D eigenvalue weighted by molar-refractivity contribution is 6.13. The number of aryl methyl sites for hydroxylation is 1. The Balaban J connectivity index is 1.31. The molecule has 3 nitrogen and oxygen atoms in total. The van der Waals surface area contributed by atoms with Crippen molar-refractivity contribution < 1.29 is 0 Å². The van der Waals surface area contributed by atoms with Gasteiger partial charge in [-0.2, -0.15) is 0 Å². The van der Waals surface area contributed by atoms with Gasteiger partial charge in [0, 0.05) is 35.5 Å². The van der Waals surface area contributed by atoms with E-state index >= 15 is 0 Å². The maximum Gasteiger partial charge on any atom is 0.147 e. The lowest BCUT2D eigenvalue weighted by molar-refractivity contribution is 0.364. The van der Waals surface area contributed by atoms with Crippen LogP contribution in [0.15, 0.2) is 120 Å². The van der Waals surface area contributed by atoms with Gasteiger partial charge in [-0.05, 0) is 65.3 Å². The van der Waals surface area contributed by atoms with E-state index in [0.29, 0.717) is 0 Å². The molecule has 1 unspecified atom stereocenters. The van der Waals surface area contributed by atoms with Crippen LogP contribution in [0.3, 0.4) is 0 Å². The summed E-state index contributed by atoms with van der Waals surface area (Å²) >= 11 is 0. The van der Waals surface area contributed by atoms with E-state index in [1.54, 1.807) is 0 Å². The molecule has 194 valence electrons. The van der Waals surface area contributed by atoms with Crippen molar-refractivity contribution in [3.63, 3.8) is 0 Å². The molecule has 7 rings (SSSR count). The van der Waals surface area contributed by atoms with E-state index in [1.807, 2.05) is 12.3 Å². The minimum atomic E-state index is -0.132. The van der Waals surface area contributed by atoms with Crippen LogP contribution in [-0.4, -0.2) is 22.6 Å². The molecule has 2 aliphatic rings. The molecule has 0 saturated carbocycles. The van der Waals surface area contributed by atoms with Crippen molar-refractivity contribution >= 4 is 28.4 Å². The molecule has 3 heteroatoms. The van der Waals surface area contributed by atoms with Crippen LogP contribution in [0.25, 0.3) is 33.8 Å². The van der Waals surface area contributed by atoms with Crippen molar-refractivity contribution in [2.75, 3.05) is 7.05 Å². The van der Waals surface area contributed by atoms with Gasteiger partial charge in [-0.25, -0.2) is 0 Å². The summed E-state index contributed by atoms with van der Waals surface area (Å²) in [6, 6.07) is 34.6. The molecule has 0 N–H and O–H groups in total. The summed E-state index contributed by atoms with van der Waals surface area (Å²) in [6.07, 6.45) is 10.7. The van der Waals surface area contributed by atoms with Gasteiger partial charge < -0.3 is 4.90 Å². The van der Waals surface area contributed by atoms with Crippen LogP contribution in [0.2, 0.25) is 0 Å². The first-order chi connectivity index (χ1) is 19.7. The van der Waals surface area contributed by atoms with Gasteiger partial charge in [-0.15, -0.1) is 0 Å². The fourth-order valence-corrected chi connectivity index (χ4v) is 6.05. The second-order valence-corrected chi connectivity index (χ2v) is 10.7. The summed E-state index contributed by atoms with van der Waals surface area (Å²) in [5.74, 6) is 0. The molecular formula is C37H31N3. The third-order valence-electron chi connectivity index (χ3n) is 8.21. The molecule has 5 aromatic rings. The van der Waals surface area contributed by atoms with Crippen molar-refractivity contribution in [2.24, 2.45) is 4.99 Å². The Morgan fingerprint density at radius 1 is 0.775 bits per heavy atom. The largest absolute Gasteiger partial charge is 0.349 e. The summed E-state index contributed by atoms with van der Waals surface area (Å²) in [5.41, 5.74) is 13.2. The lowest BCUT2D eigenvalue weighted by Crippen LogP contribution is -2.28. The van der Waals surface area contributed by atoms with Gasteiger partial charge in [0.05, 0.1) is 11.2 Å². The van der Waals surface area contributed by atoms with Gasteiger partial charge in [0.2, 0.25) is 0 Å².